The molecule has 1 aliphatic heterocycles. The standard InChI is InChI=1S/C12H18N2S/c1-13-12(11-4-7-15-9-11)8-10-2-5-14-6-3-10/h2-3,5-6,11-13H,4,7-9H2,1H3. The fourth-order valence-corrected chi connectivity index (χ4v) is 3.49. The third kappa shape index (κ3) is 2.95. The molecular formula is C12H18N2S. The predicted molar refractivity (Wildman–Crippen MR) is 66.2 cm³/mol. The molecule has 0 bridgehead atoms. The zero-order valence-corrected chi connectivity index (χ0v) is 9.96. The van der Waals surface area contributed by atoms with Crippen LogP contribution in [-0.2, 0) is 6.42 Å². The molecule has 0 aliphatic carbocycles. The Labute approximate surface area is 95.9 Å². The van der Waals surface area contributed by atoms with Crippen molar-refractivity contribution in [3.63, 3.8) is 0 Å². The monoisotopic (exact) mass is 222 g/mol. The van der Waals surface area contributed by atoms with Crippen LogP contribution >= 0.6 is 11.8 Å². The summed E-state index contributed by atoms with van der Waals surface area (Å²) in [5.74, 6) is 3.49. The van der Waals surface area contributed by atoms with Gasteiger partial charge in [0.05, 0.1) is 0 Å². The lowest BCUT2D eigenvalue weighted by Crippen LogP contribution is -2.35. The van der Waals surface area contributed by atoms with Crippen LogP contribution in [0, 0.1) is 5.92 Å². The van der Waals surface area contributed by atoms with Crippen molar-refractivity contribution < 1.29 is 0 Å². The van der Waals surface area contributed by atoms with Crippen molar-refractivity contribution in [3.05, 3.63) is 30.1 Å². The number of nitrogens with one attached hydrogen (secondary N) is 1. The summed E-state index contributed by atoms with van der Waals surface area (Å²) in [6.45, 7) is 0. The fraction of sp³-hybridized carbons (Fsp3) is 0.583. The first kappa shape index (κ1) is 11.0. The Kier molecular flexibility index (Phi) is 4.03. The molecule has 1 saturated heterocycles. The van der Waals surface area contributed by atoms with Gasteiger partial charge in [-0.05, 0) is 55.0 Å². The van der Waals surface area contributed by atoms with Gasteiger partial charge < -0.3 is 5.32 Å². The molecule has 1 fully saturated rings. The minimum absolute atomic E-state index is 0.627. The molecular weight excluding hydrogens is 204 g/mol. The van der Waals surface area contributed by atoms with Crippen LogP contribution < -0.4 is 5.32 Å². The zero-order valence-electron chi connectivity index (χ0n) is 9.15. The van der Waals surface area contributed by atoms with Gasteiger partial charge >= 0.3 is 0 Å². The lowest BCUT2D eigenvalue weighted by molar-refractivity contribution is 0.404. The van der Waals surface area contributed by atoms with E-state index in [-0.39, 0.29) is 0 Å². The largest absolute Gasteiger partial charge is 0.316 e. The van der Waals surface area contributed by atoms with Crippen LogP contribution in [0.2, 0.25) is 0 Å². The molecule has 1 aliphatic rings. The molecule has 82 valence electrons. The quantitative estimate of drug-likeness (QED) is 0.843. The smallest absolute Gasteiger partial charge is 0.0270 e. The van der Waals surface area contributed by atoms with Gasteiger partial charge in [-0.25, -0.2) is 0 Å². The van der Waals surface area contributed by atoms with Crippen molar-refractivity contribution in [1.82, 2.24) is 10.3 Å². The third-order valence-electron chi connectivity index (χ3n) is 3.11. The Hall–Kier alpha value is -0.540. The van der Waals surface area contributed by atoms with Crippen molar-refractivity contribution in [1.29, 1.82) is 0 Å². The average Bonchev–Trinajstić information content (AvgIpc) is 2.81. The predicted octanol–water partition coefficient (Wildman–Crippen LogP) is 1.97. The molecule has 0 amide bonds. The number of likely N-dealkylation sites (N-methyl/N-ethyl adjacent to an activating group) is 1. The zero-order chi connectivity index (χ0) is 10.5. The molecule has 2 heterocycles. The Morgan fingerprint density at radius 1 is 1.53 bits per heavy atom. The van der Waals surface area contributed by atoms with Gasteiger partial charge in [-0.3, -0.25) is 4.98 Å². The first-order valence-corrected chi connectivity index (χ1v) is 6.69. The minimum Gasteiger partial charge on any atom is -0.316 e. The molecule has 1 aromatic heterocycles. The van der Waals surface area contributed by atoms with Crippen LogP contribution in [0.5, 0.6) is 0 Å². The van der Waals surface area contributed by atoms with Gasteiger partial charge in [-0.1, -0.05) is 0 Å². The van der Waals surface area contributed by atoms with E-state index in [4.69, 9.17) is 0 Å². The second-order valence-corrected chi connectivity index (χ2v) is 5.23. The summed E-state index contributed by atoms with van der Waals surface area (Å²) in [5, 5.41) is 3.46. The number of nitrogens with zero attached hydrogens (tertiary/aromatic N) is 1. The molecule has 2 atom stereocenters. The van der Waals surface area contributed by atoms with Gasteiger partial charge in [-0.2, -0.15) is 11.8 Å². The number of thioether (sulfide) groups is 1. The van der Waals surface area contributed by atoms with Gasteiger partial charge in [-0.15, -0.1) is 0 Å². The molecule has 15 heavy (non-hydrogen) atoms. The molecule has 2 rings (SSSR count). The molecule has 0 spiro atoms. The van der Waals surface area contributed by atoms with Gasteiger partial charge in [0.1, 0.15) is 0 Å². The number of pyridine rings is 1. The first-order valence-electron chi connectivity index (χ1n) is 5.54. The second-order valence-electron chi connectivity index (χ2n) is 4.08. The fourth-order valence-electron chi connectivity index (χ4n) is 2.15. The summed E-state index contributed by atoms with van der Waals surface area (Å²) >= 11 is 2.08. The second kappa shape index (κ2) is 5.52. The molecule has 0 saturated carbocycles. The Balaban J connectivity index is 1.96. The van der Waals surface area contributed by atoms with E-state index in [1.54, 1.807) is 0 Å². The summed E-state index contributed by atoms with van der Waals surface area (Å²) in [6.07, 6.45) is 6.25. The van der Waals surface area contributed by atoms with E-state index in [9.17, 15) is 0 Å². The minimum atomic E-state index is 0.627. The first-order chi connectivity index (χ1) is 7.40. The Bertz CT molecular complexity index is 283. The maximum atomic E-state index is 4.05. The van der Waals surface area contributed by atoms with Gasteiger partial charge in [0.15, 0.2) is 0 Å². The van der Waals surface area contributed by atoms with Crippen molar-refractivity contribution in [2.24, 2.45) is 5.92 Å². The highest BCUT2D eigenvalue weighted by atomic mass is 32.2. The summed E-state index contributed by atoms with van der Waals surface area (Å²) in [7, 11) is 2.08. The summed E-state index contributed by atoms with van der Waals surface area (Å²) in [6, 6.07) is 4.86. The van der Waals surface area contributed by atoms with E-state index in [2.05, 4.69) is 41.2 Å². The normalized spacial score (nSPS) is 22.9. The van der Waals surface area contributed by atoms with Gasteiger partial charge in [0, 0.05) is 18.4 Å². The number of hydrogen-bond acceptors (Lipinski definition) is 3. The number of hydrogen-bond donors (Lipinski definition) is 1. The van der Waals surface area contributed by atoms with Crippen molar-refractivity contribution in [3.8, 4) is 0 Å². The van der Waals surface area contributed by atoms with E-state index in [0.717, 1.165) is 12.3 Å². The molecule has 1 N–H and O–H groups in total. The summed E-state index contributed by atoms with van der Waals surface area (Å²) in [4.78, 5) is 4.05. The van der Waals surface area contributed by atoms with Crippen molar-refractivity contribution >= 4 is 11.8 Å². The van der Waals surface area contributed by atoms with Crippen molar-refractivity contribution in [2.45, 2.75) is 18.9 Å². The number of aromatic nitrogens is 1. The van der Waals surface area contributed by atoms with Crippen LogP contribution in [0.25, 0.3) is 0 Å². The molecule has 0 aromatic carbocycles. The maximum absolute atomic E-state index is 4.05. The van der Waals surface area contributed by atoms with E-state index in [1.807, 2.05) is 12.4 Å². The Morgan fingerprint density at radius 2 is 2.33 bits per heavy atom. The molecule has 2 nitrogen and oxygen atoms in total. The Morgan fingerprint density at radius 3 is 2.93 bits per heavy atom. The molecule has 0 radical (unpaired) electrons. The third-order valence-corrected chi connectivity index (χ3v) is 4.30. The van der Waals surface area contributed by atoms with Crippen LogP contribution in [0.15, 0.2) is 24.5 Å². The molecule has 1 aromatic rings. The highest BCUT2D eigenvalue weighted by Gasteiger charge is 2.24. The van der Waals surface area contributed by atoms with E-state index < -0.39 is 0 Å². The molecule has 3 heteroatoms. The van der Waals surface area contributed by atoms with Crippen LogP contribution in [0.4, 0.5) is 0 Å². The van der Waals surface area contributed by atoms with E-state index in [1.165, 1.54) is 23.5 Å². The highest BCUT2D eigenvalue weighted by molar-refractivity contribution is 7.99. The van der Waals surface area contributed by atoms with Gasteiger partial charge in [0.2, 0.25) is 0 Å². The van der Waals surface area contributed by atoms with Crippen LogP contribution in [0.1, 0.15) is 12.0 Å². The van der Waals surface area contributed by atoms with Crippen molar-refractivity contribution in [2.75, 3.05) is 18.6 Å². The average molecular weight is 222 g/mol. The van der Waals surface area contributed by atoms with E-state index >= 15 is 0 Å². The number of rotatable bonds is 4. The van der Waals surface area contributed by atoms with Crippen LogP contribution in [0.3, 0.4) is 0 Å². The topological polar surface area (TPSA) is 24.9 Å². The molecule has 2 unspecified atom stereocenters. The highest BCUT2D eigenvalue weighted by Crippen LogP contribution is 2.27. The van der Waals surface area contributed by atoms with Crippen LogP contribution in [-0.4, -0.2) is 29.6 Å². The van der Waals surface area contributed by atoms with E-state index in [0.29, 0.717) is 6.04 Å². The van der Waals surface area contributed by atoms with Gasteiger partial charge in [0.25, 0.3) is 0 Å². The SMILES string of the molecule is CNC(Cc1ccncc1)C1CCSC1. The summed E-state index contributed by atoms with van der Waals surface area (Å²) in [5.41, 5.74) is 1.39. The maximum Gasteiger partial charge on any atom is 0.0270 e. The lowest BCUT2D eigenvalue weighted by atomic mass is 9.93. The summed E-state index contributed by atoms with van der Waals surface area (Å²) < 4.78 is 0. The lowest BCUT2D eigenvalue weighted by Gasteiger charge is -2.22.